The Morgan fingerprint density at radius 1 is 1.29 bits per heavy atom. The molecule has 1 amide bonds. The second-order valence-corrected chi connectivity index (χ2v) is 4.62. The minimum Gasteiger partial charge on any atom is -0.493 e. The maximum atomic E-state index is 12.2. The SMILES string of the molecule is CCC(CNC(=O)c1cccc(OC)c1OC)CC(=O)O. The smallest absolute Gasteiger partial charge is 0.303 e. The minimum absolute atomic E-state index is 0.0338. The van der Waals surface area contributed by atoms with Gasteiger partial charge in [0, 0.05) is 13.0 Å². The van der Waals surface area contributed by atoms with Gasteiger partial charge in [0.1, 0.15) is 0 Å². The van der Waals surface area contributed by atoms with Crippen molar-refractivity contribution in [2.45, 2.75) is 19.8 Å². The van der Waals surface area contributed by atoms with Crippen molar-refractivity contribution in [3.05, 3.63) is 23.8 Å². The zero-order valence-corrected chi connectivity index (χ0v) is 12.5. The number of para-hydroxylation sites is 1. The van der Waals surface area contributed by atoms with Crippen LogP contribution < -0.4 is 14.8 Å². The van der Waals surface area contributed by atoms with Gasteiger partial charge in [-0.15, -0.1) is 0 Å². The van der Waals surface area contributed by atoms with Crippen LogP contribution in [0.3, 0.4) is 0 Å². The van der Waals surface area contributed by atoms with Gasteiger partial charge in [0.2, 0.25) is 0 Å². The van der Waals surface area contributed by atoms with Crippen LogP contribution in [0.25, 0.3) is 0 Å². The van der Waals surface area contributed by atoms with Crippen molar-refractivity contribution < 1.29 is 24.2 Å². The Morgan fingerprint density at radius 2 is 2.00 bits per heavy atom. The van der Waals surface area contributed by atoms with E-state index in [0.717, 1.165) is 0 Å². The molecule has 1 unspecified atom stereocenters. The van der Waals surface area contributed by atoms with Gasteiger partial charge in [0.05, 0.1) is 19.8 Å². The number of carboxylic acid groups (broad SMARTS) is 1. The second-order valence-electron chi connectivity index (χ2n) is 4.62. The number of nitrogens with one attached hydrogen (secondary N) is 1. The molecule has 0 bridgehead atoms. The number of hydrogen-bond acceptors (Lipinski definition) is 4. The molecule has 1 aromatic rings. The average Bonchev–Trinajstić information content (AvgIpc) is 2.49. The molecular formula is C15H21NO5. The fourth-order valence-electron chi connectivity index (χ4n) is 2.01. The summed E-state index contributed by atoms with van der Waals surface area (Å²) in [6, 6.07) is 5.04. The van der Waals surface area contributed by atoms with E-state index in [-0.39, 0.29) is 18.2 Å². The van der Waals surface area contributed by atoms with E-state index in [9.17, 15) is 9.59 Å². The quantitative estimate of drug-likeness (QED) is 0.765. The van der Waals surface area contributed by atoms with Crippen molar-refractivity contribution in [3.63, 3.8) is 0 Å². The fraction of sp³-hybridized carbons (Fsp3) is 0.467. The normalized spacial score (nSPS) is 11.6. The number of benzene rings is 1. The van der Waals surface area contributed by atoms with Crippen molar-refractivity contribution in [3.8, 4) is 11.5 Å². The standard InChI is InChI=1S/C15H21NO5/c1-4-10(8-13(17)18)9-16-15(19)11-6-5-7-12(20-2)14(11)21-3/h5-7,10H,4,8-9H2,1-3H3,(H,16,19)(H,17,18). The first-order valence-electron chi connectivity index (χ1n) is 6.74. The molecule has 116 valence electrons. The molecule has 0 aromatic heterocycles. The molecule has 0 saturated carbocycles. The highest BCUT2D eigenvalue weighted by Gasteiger charge is 2.18. The molecule has 0 spiro atoms. The van der Waals surface area contributed by atoms with E-state index >= 15 is 0 Å². The van der Waals surface area contributed by atoms with Gasteiger partial charge in [-0.3, -0.25) is 9.59 Å². The molecule has 1 rings (SSSR count). The van der Waals surface area contributed by atoms with E-state index in [0.29, 0.717) is 30.0 Å². The van der Waals surface area contributed by atoms with Gasteiger partial charge in [-0.05, 0) is 18.1 Å². The molecule has 0 aliphatic heterocycles. The van der Waals surface area contributed by atoms with E-state index in [1.165, 1.54) is 14.2 Å². The molecule has 0 heterocycles. The highest BCUT2D eigenvalue weighted by molar-refractivity contribution is 5.97. The average molecular weight is 295 g/mol. The number of aliphatic carboxylic acids is 1. The Labute approximate surface area is 124 Å². The van der Waals surface area contributed by atoms with Crippen LogP contribution in [0.2, 0.25) is 0 Å². The summed E-state index contributed by atoms with van der Waals surface area (Å²) in [4.78, 5) is 22.9. The molecule has 6 nitrogen and oxygen atoms in total. The van der Waals surface area contributed by atoms with Gasteiger partial charge in [0.15, 0.2) is 11.5 Å². The van der Waals surface area contributed by atoms with E-state index in [1.54, 1.807) is 18.2 Å². The lowest BCUT2D eigenvalue weighted by atomic mass is 10.0. The van der Waals surface area contributed by atoms with Crippen molar-refractivity contribution in [1.29, 1.82) is 0 Å². The maximum absolute atomic E-state index is 12.2. The molecule has 0 radical (unpaired) electrons. The molecular weight excluding hydrogens is 274 g/mol. The fourth-order valence-corrected chi connectivity index (χ4v) is 2.01. The highest BCUT2D eigenvalue weighted by Crippen LogP contribution is 2.30. The molecule has 1 aromatic carbocycles. The van der Waals surface area contributed by atoms with Gasteiger partial charge in [-0.2, -0.15) is 0 Å². The van der Waals surface area contributed by atoms with Crippen molar-refractivity contribution in [2.24, 2.45) is 5.92 Å². The summed E-state index contributed by atoms with van der Waals surface area (Å²) in [6.07, 6.45) is 0.716. The molecule has 2 N–H and O–H groups in total. The first-order valence-corrected chi connectivity index (χ1v) is 6.74. The largest absolute Gasteiger partial charge is 0.493 e. The topological polar surface area (TPSA) is 84.9 Å². The molecule has 0 aliphatic carbocycles. The summed E-state index contributed by atoms with van der Waals surface area (Å²) >= 11 is 0. The third kappa shape index (κ3) is 4.66. The molecule has 21 heavy (non-hydrogen) atoms. The van der Waals surface area contributed by atoms with Gasteiger partial charge in [-0.25, -0.2) is 0 Å². The van der Waals surface area contributed by atoms with Gasteiger partial charge < -0.3 is 19.9 Å². The molecule has 1 atom stereocenters. The van der Waals surface area contributed by atoms with E-state index in [4.69, 9.17) is 14.6 Å². The van der Waals surface area contributed by atoms with E-state index < -0.39 is 5.97 Å². The Kier molecular flexibility index (Phi) is 6.52. The van der Waals surface area contributed by atoms with Crippen LogP contribution >= 0.6 is 0 Å². The molecule has 0 aliphatic rings. The van der Waals surface area contributed by atoms with E-state index in [1.807, 2.05) is 6.92 Å². The van der Waals surface area contributed by atoms with Crippen molar-refractivity contribution in [1.82, 2.24) is 5.32 Å². The number of carbonyl (C=O) groups excluding carboxylic acids is 1. The van der Waals surface area contributed by atoms with Gasteiger partial charge >= 0.3 is 5.97 Å². The Bertz CT molecular complexity index is 501. The van der Waals surface area contributed by atoms with Crippen LogP contribution in [0.5, 0.6) is 11.5 Å². The Hall–Kier alpha value is -2.24. The van der Waals surface area contributed by atoms with Crippen molar-refractivity contribution in [2.75, 3.05) is 20.8 Å². The summed E-state index contributed by atoms with van der Waals surface area (Å²) in [5.41, 5.74) is 0.363. The maximum Gasteiger partial charge on any atom is 0.303 e. The predicted octanol–water partition coefficient (Wildman–Crippen LogP) is 1.93. The Balaban J connectivity index is 2.78. The van der Waals surface area contributed by atoms with Crippen LogP contribution in [0.4, 0.5) is 0 Å². The van der Waals surface area contributed by atoms with Crippen LogP contribution in [0, 0.1) is 5.92 Å². The molecule has 0 saturated heterocycles. The van der Waals surface area contributed by atoms with Crippen molar-refractivity contribution >= 4 is 11.9 Å². The van der Waals surface area contributed by atoms with Gasteiger partial charge in [0.25, 0.3) is 5.91 Å². The van der Waals surface area contributed by atoms with Crippen LogP contribution in [0.1, 0.15) is 30.1 Å². The minimum atomic E-state index is -0.866. The number of carbonyl (C=O) groups is 2. The number of methoxy groups -OCH3 is 2. The monoisotopic (exact) mass is 295 g/mol. The molecule has 6 heteroatoms. The first-order chi connectivity index (χ1) is 10.0. The Morgan fingerprint density at radius 3 is 2.52 bits per heavy atom. The third-order valence-electron chi connectivity index (χ3n) is 3.24. The number of hydrogen-bond donors (Lipinski definition) is 2. The van der Waals surface area contributed by atoms with E-state index in [2.05, 4.69) is 5.32 Å². The highest BCUT2D eigenvalue weighted by atomic mass is 16.5. The summed E-state index contributed by atoms with van der Waals surface area (Å²) < 4.78 is 10.3. The van der Waals surface area contributed by atoms with Crippen LogP contribution in [0.15, 0.2) is 18.2 Å². The summed E-state index contributed by atoms with van der Waals surface area (Å²) in [5.74, 6) is -0.431. The second kappa shape index (κ2) is 8.14. The van der Waals surface area contributed by atoms with Gasteiger partial charge in [-0.1, -0.05) is 19.4 Å². The predicted molar refractivity (Wildman–Crippen MR) is 77.9 cm³/mol. The molecule has 0 fully saturated rings. The number of ether oxygens (including phenoxy) is 2. The number of carboxylic acids is 1. The number of rotatable bonds is 8. The van der Waals surface area contributed by atoms with Crippen LogP contribution in [-0.2, 0) is 4.79 Å². The lowest BCUT2D eigenvalue weighted by molar-refractivity contribution is -0.138. The first kappa shape index (κ1) is 16.8. The van der Waals surface area contributed by atoms with Crippen LogP contribution in [-0.4, -0.2) is 37.7 Å². The summed E-state index contributed by atoms with van der Waals surface area (Å²) in [5, 5.41) is 11.5. The summed E-state index contributed by atoms with van der Waals surface area (Å²) in [7, 11) is 2.97. The summed E-state index contributed by atoms with van der Waals surface area (Å²) in [6.45, 7) is 2.20. The lowest BCUT2D eigenvalue weighted by Crippen LogP contribution is -2.30. The third-order valence-corrected chi connectivity index (χ3v) is 3.24. The zero-order chi connectivity index (χ0) is 15.8. The zero-order valence-electron chi connectivity index (χ0n) is 12.5. The lowest BCUT2D eigenvalue weighted by Gasteiger charge is -2.15. The number of amides is 1.